The van der Waals surface area contributed by atoms with Gasteiger partial charge in [-0.25, -0.2) is 4.39 Å². The van der Waals surface area contributed by atoms with E-state index in [-0.39, 0.29) is 25.9 Å². The minimum absolute atomic E-state index is 0. The summed E-state index contributed by atoms with van der Waals surface area (Å²) in [6, 6.07) is 37.5. The van der Waals surface area contributed by atoms with Gasteiger partial charge in [0.2, 0.25) is 0 Å². The third-order valence-corrected chi connectivity index (χ3v) is 13.5. The number of rotatable bonds is 7. The smallest absolute Gasteiger partial charge is 0.140 e. The molecule has 0 saturated heterocycles. The maximum Gasteiger partial charge on any atom is 0.140 e. The van der Waals surface area contributed by atoms with E-state index in [1.807, 2.05) is 30.5 Å². The second-order valence-electron chi connectivity index (χ2n) is 15.7. The van der Waals surface area contributed by atoms with E-state index in [2.05, 4.69) is 129 Å². The van der Waals surface area contributed by atoms with Crippen molar-refractivity contribution in [3.63, 3.8) is 0 Å². The fraction of sp³-hybridized carbons (Fsp3) is 0.277. The molecule has 53 heavy (non-hydrogen) atoms. The molecule has 273 valence electrons. The first kappa shape index (κ1) is 38.9. The SMILES string of the molecule is CC(C)c1cc(-c2[c-]cccc2)ncc1[Si](C)(C)C.Cc1ccc(-c2cc(F)c3sc4c[c-]c(-c5cc(CC6CCCC6)ccn5)cc4c3c2)cc1.[Ir]. The average molecular weight is 911 g/mol. The maximum atomic E-state index is 15.1. The molecule has 8 rings (SSSR count). The third kappa shape index (κ3) is 8.95. The van der Waals surface area contributed by atoms with E-state index in [1.54, 1.807) is 6.07 Å². The van der Waals surface area contributed by atoms with Gasteiger partial charge in [-0.15, -0.1) is 59.7 Å². The molecule has 0 unspecified atom stereocenters. The van der Waals surface area contributed by atoms with E-state index in [0.717, 1.165) is 61.5 Å². The molecule has 0 bridgehead atoms. The first-order valence-corrected chi connectivity index (χ1v) is 22.9. The minimum atomic E-state index is -1.34. The Morgan fingerprint density at radius 1 is 0.830 bits per heavy atom. The Morgan fingerprint density at radius 2 is 1.58 bits per heavy atom. The van der Waals surface area contributed by atoms with Crippen LogP contribution in [-0.2, 0) is 26.5 Å². The van der Waals surface area contributed by atoms with Crippen molar-refractivity contribution in [1.82, 2.24) is 9.97 Å². The van der Waals surface area contributed by atoms with Gasteiger partial charge >= 0.3 is 0 Å². The van der Waals surface area contributed by atoms with E-state index in [1.165, 1.54) is 58.9 Å². The van der Waals surface area contributed by atoms with Crippen LogP contribution in [0.5, 0.6) is 0 Å². The molecule has 6 heteroatoms. The standard InChI is InChI=1S/C30H25FNS.C17H22NSi.Ir/c1-19-6-8-22(9-7-19)24-17-26-25-16-23(10-11-29(25)33-30(26)27(31)18-24)28-15-21(12-13-32-28)14-20-4-2-3-5-20;1-13(2)15-11-16(14-9-7-6-8-10-14)18-12-17(15)19(3,4)5;/h6-9,11-13,15-18,20H,2-5,14H2,1H3;6-9,11-13H,1-5H3;/q2*-1;. The van der Waals surface area contributed by atoms with Crippen molar-refractivity contribution in [2.24, 2.45) is 5.92 Å². The van der Waals surface area contributed by atoms with Crippen LogP contribution >= 0.6 is 11.3 Å². The molecular weight excluding hydrogens is 864 g/mol. The van der Waals surface area contributed by atoms with Crippen LogP contribution in [-0.4, -0.2) is 18.0 Å². The molecule has 0 spiro atoms. The zero-order valence-corrected chi connectivity index (χ0v) is 35.7. The summed E-state index contributed by atoms with van der Waals surface area (Å²) in [5, 5.41) is 3.50. The average Bonchev–Trinajstić information content (AvgIpc) is 3.80. The second kappa shape index (κ2) is 16.7. The molecule has 0 amide bonds. The van der Waals surface area contributed by atoms with Crippen molar-refractivity contribution >= 4 is 44.8 Å². The van der Waals surface area contributed by atoms with Crippen LogP contribution in [0.15, 0.2) is 103 Å². The van der Waals surface area contributed by atoms with Gasteiger partial charge in [-0.05, 0) is 81.2 Å². The van der Waals surface area contributed by atoms with Crippen molar-refractivity contribution in [3.8, 4) is 33.6 Å². The zero-order valence-electron chi connectivity index (χ0n) is 31.5. The van der Waals surface area contributed by atoms with Gasteiger partial charge in [0.15, 0.2) is 0 Å². The number of fused-ring (bicyclic) bond motifs is 3. The molecule has 2 nitrogen and oxygen atoms in total. The van der Waals surface area contributed by atoms with Crippen molar-refractivity contribution in [3.05, 3.63) is 138 Å². The summed E-state index contributed by atoms with van der Waals surface area (Å²) in [6.07, 6.45) is 10.5. The molecule has 1 aliphatic rings. The Balaban J connectivity index is 0.000000206. The largest absolute Gasteiger partial charge is 0.305 e. The quantitative estimate of drug-likeness (QED) is 0.118. The van der Waals surface area contributed by atoms with Gasteiger partial charge in [0.05, 0.1) is 12.8 Å². The number of aromatic nitrogens is 2. The van der Waals surface area contributed by atoms with E-state index < -0.39 is 8.07 Å². The Hall–Kier alpha value is -3.80. The molecule has 3 heterocycles. The van der Waals surface area contributed by atoms with Crippen LogP contribution in [0, 0.1) is 30.8 Å². The molecule has 0 aliphatic heterocycles. The summed E-state index contributed by atoms with van der Waals surface area (Å²) in [4.78, 5) is 9.31. The van der Waals surface area contributed by atoms with Crippen molar-refractivity contribution in [2.75, 3.05) is 0 Å². The summed E-state index contributed by atoms with van der Waals surface area (Å²) in [5.41, 5.74) is 9.96. The monoisotopic (exact) mass is 911 g/mol. The van der Waals surface area contributed by atoms with Gasteiger partial charge in [-0.1, -0.05) is 118 Å². The van der Waals surface area contributed by atoms with Crippen LogP contribution in [0.4, 0.5) is 4.39 Å². The van der Waals surface area contributed by atoms with Crippen LogP contribution in [0.3, 0.4) is 0 Å². The van der Waals surface area contributed by atoms with Crippen LogP contribution in [0.1, 0.15) is 62.1 Å². The molecular formula is C47H47FIrN2SSi-2. The van der Waals surface area contributed by atoms with Crippen LogP contribution in [0.2, 0.25) is 19.6 Å². The Bertz CT molecular complexity index is 2320. The normalized spacial score (nSPS) is 13.3. The molecule has 1 fully saturated rings. The number of thiophene rings is 1. The van der Waals surface area contributed by atoms with Crippen LogP contribution in [0.25, 0.3) is 53.8 Å². The number of halogens is 1. The topological polar surface area (TPSA) is 25.8 Å². The number of hydrogen-bond donors (Lipinski definition) is 0. The summed E-state index contributed by atoms with van der Waals surface area (Å²) in [6.45, 7) is 13.7. The molecule has 3 aromatic heterocycles. The number of hydrogen-bond acceptors (Lipinski definition) is 3. The van der Waals surface area contributed by atoms with Crippen LogP contribution < -0.4 is 5.19 Å². The van der Waals surface area contributed by atoms with Gasteiger partial charge in [-0.2, -0.15) is 11.3 Å². The summed E-state index contributed by atoms with van der Waals surface area (Å²) < 4.78 is 16.9. The second-order valence-corrected chi connectivity index (χ2v) is 21.8. The summed E-state index contributed by atoms with van der Waals surface area (Å²) in [5.74, 6) is 1.17. The van der Waals surface area contributed by atoms with Gasteiger partial charge in [0.25, 0.3) is 0 Å². The minimum Gasteiger partial charge on any atom is -0.305 e. The first-order valence-electron chi connectivity index (χ1n) is 18.6. The fourth-order valence-corrected chi connectivity index (χ4v) is 10.1. The Labute approximate surface area is 333 Å². The van der Waals surface area contributed by atoms with Crippen molar-refractivity contribution in [2.45, 2.75) is 78.4 Å². The van der Waals surface area contributed by atoms with Crippen molar-refractivity contribution < 1.29 is 24.5 Å². The number of pyridine rings is 2. The molecule has 4 aromatic carbocycles. The number of benzene rings is 4. The number of aryl methyl sites for hydroxylation is 1. The molecule has 1 aliphatic carbocycles. The Morgan fingerprint density at radius 3 is 2.28 bits per heavy atom. The van der Waals surface area contributed by atoms with Crippen molar-refractivity contribution in [1.29, 1.82) is 0 Å². The Kier molecular flexibility index (Phi) is 12.3. The van der Waals surface area contributed by atoms with E-state index >= 15 is 4.39 Å². The molecule has 1 saturated carbocycles. The fourth-order valence-electron chi connectivity index (χ4n) is 7.41. The van der Waals surface area contributed by atoms with Gasteiger partial charge in [0, 0.05) is 32.5 Å². The zero-order chi connectivity index (χ0) is 36.4. The molecule has 0 atom stereocenters. The first-order chi connectivity index (χ1) is 25.0. The van der Waals surface area contributed by atoms with Gasteiger partial charge in [-0.3, -0.25) is 0 Å². The predicted octanol–water partition coefficient (Wildman–Crippen LogP) is 13.0. The molecule has 7 aromatic rings. The maximum absolute atomic E-state index is 15.1. The van der Waals surface area contributed by atoms with E-state index in [9.17, 15) is 0 Å². The third-order valence-electron chi connectivity index (χ3n) is 10.3. The molecule has 1 radical (unpaired) electrons. The summed E-state index contributed by atoms with van der Waals surface area (Å²) >= 11 is 1.50. The molecule has 0 N–H and O–H groups in total. The predicted molar refractivity (Wildman–Crippen MR) is 223 cm³/mol. The van der Waals surface area contributed by atoms with Gasteiger partial charge in [0.1, 0.15) is 5.82 Å². The number of nitrogens with zero attached hydrogens (tertiary/aromatic N) is 2. The van der Waals surface area contributed by atoms with Gasteiger partial charge < -0.3 is 9.97 Å². The van der Waals surface area contributed by atoms with E-state index in [4.69, 9.17) is 0 Å². The summed E-state index contributed by atoms with van der Waals surface area (Å²) in [7, 11) is -1.34. The van der Waals surface area contributed by atoms with E-state index in [0.29, 0.717) is 10.6 Å².